The first-order chi connectivity index (χ1) is 8.83. The zero-order chi connectivity index (χ0) is 12.4. The standard InChI is InChI=1S/C16H22FN/c17-16-7-2-1-6-15(16)13-10-14(11-13)18-9-8-12-4-3-5-12/h1-2,6-7,12-14,18H,3-5,8-11H2. The summed E-state index contributed by atoms with van der Waals surface area (Å²) in [6.45, 7) is 1.15. The summed E-state index contributed by atoms with van der Waals surface area (Å²) in [7, 11) is 0. The van der Waals surface area contributed by atoms with E-state index in [1.54, 1.807) is 12.1 Å². The Hall–Kier alpha value is -0.890. The first kappa shape index (κ1) is 12.2. The van der Waals surface area contributed by atoms with Crippen LogP contribution >= 0.6 is 0 Å². The van der Waals surface area contributed by atoms with E-state index in [1.807, 2.05) is 12.1 Å². The summed E-state index contributed by atoms with van der Waals surface area (Å²) in [5.74, 6) is 1.39. The molecule has 1 nitrogen and oxygen atoms in total. The largest absolute Gasteiger partial charge is 0.314 e. The van der Waals surface area contributed by atoms with Crippen molar-refractivity contribution in [2.24, 2.45) is 5.92 Å². The Morgan fingerprint density at radius 2 is 1.94 bits per heavy atom. The zero-order valence-corrected chi connectivity index (χ0v) is 10.9. The van der Waals surface area contributed by atoms with Crippen molar-refractivity contribution in [3.05, 3.63) is 35.6 Å². The molecular weight excluding hydrogens is 225 g/mol. The normalized spacial score (nSPS) is 27.6. The molecule has 0 heterocycles. The molecule has 2 aliphatic rings. The average molecular weight is 247 g/mol. The molecule has 1 aromatic rings. The van der Waals surface area contributed by atoms with Gasteiger partial charge in [0.05, 0.1) is 0 Å². The number of rotatable bonds is 5. The molecule has 0 bridgehead atoms. The van der Waals surface area contributed by atoms with Crippen molar-refractivity contribution < 1.29 is 4.39 Å². The van der Waals surface area contributed by atoms with Crippen molar-refractivity contribution in [3.63, 3.8) is 0 Å². The Bertz CT molecular complexity index is 394. The minimum absolute atomic E-state index is 0.0320. The number of hydrogen-bond acceptors (Lipinski definition) is 1. The lowest BCUT2D eigenvalue weighted by molar-refractivity contribution is 0.252. The van der Waals surface area contributed by atoms with Crippen LogP contribution in [0.1, 0.15) is 50.0 Å². The fourth-order valence-electron chi connectivity index (χ4n) is 3.12. The van der Waals surface area contributed by atoms with Crippen molar-refractivity contribution >= 4 is 0 Å². The molecule has 1 aromatic carbocycles. The van der Waals surface area contributed by atoms with Crippen molar-refractivity contribution in [2.45, 2.75) is 50.5 Å². The highest BCUT2D eigenvalue weighted by molar-refractivity contribution is 5.24. The van der Waals surface area contributed by atoms with Crippen LogP contribution in [0.4, 0.5) is 4.39 Å². The van der Waals surface area contributed by atoms with Gasteiger partial charge in [0.1, 0.15) is 5.82 Å². The van der Waals surface area contributed by atoms with Crippen LogP contribution in [0, 0.1) is 11.7 Å². The van der Waals surface area contributed by atoms with E-state index in [4.69, 9.17) is 0 Å². The van der Waals surface area contributed by atoms with Crippen LogP contribution in [-0.2, 0) is 0 Å². The van der Waals surface area contributed by atoms with Gasteiger partial charge in [0.2, 0.25) is 0 Å². The molecule has 0 saturated heterocycles. The predicted octanol–water partition coefficient (Wildman–Crippen LogP) is 3.85. The minimum Gasteiger partial charge on any atom is -0.314 e. The first-order valence-corrected chi connectivity index (χ1v) is 7.30. The summed E-state index contributed by atoms with van der Waals surface area (Å²) in [6.07, 6.45) is 7.84. The average Bonchev–Trinajstić information content (AvgIpc) is 2.26. The third kappa shape index (κ3) is 2.59. The summed E-state index contributed by atoms with van der Waals surface area (Å²) in [6, 6.07) is 7.84. The molecule has 0 amide bonds. The second-order valence-corrected chi connectivity index (χ2v) is 5.93. The zero-order valence-electron chi connectivity index (χ0n) is 10.9. The maximum absolute atomic E-state index is 13.6. The van der Waals surface area contributed by atoms with E-state index in [9.17, 15) is 4.39 Å². The van der Waals surface area contributed by atoms with E-state index >= 15 is 0 Å². The van der Waals surface area contributed by atoms with Gasteiger partial charge in [0.15, 0.2) is 0 Å². The summed E-state index contributed by atoms with van der Waals surface area (Å²) >= 11 is 0. The second-order valence-electron chi connectivity index (χ2n) is 5.93. The molecule has 98 valence electrons. The van der Waals surface area contributed by atoms with Gasteiger partial charge in [0, 0.05) is 6.04 Å². The Labute approximate surface area is 109 Å². The van der Waals surface area contributed by atoms with E-state index in [-0.39, 0.29) is 5.82 Å². The highest BCUT2D eigenvalue weighted by atomic mass is 19.1. The van der Waals surface area contributed by atoms with E-state index in [0.29, 0.717) is 12.0 Å². The summed E-state index contributed by atoms with van der Waals surface area (Å²) in [5, 5.41) is 3.61. The Morgan fingerprint density at radius 3 is 2.61 bits per heavy atom. The molecule has 0 atom stereocenters. The molecule has 2 aliphatic carbocycles. The molecular formula is C16H22FN. The fraction of sp³-hybridized carbons (Fsp3) is 0.625. The Morgan fingerprint density at radius 1 is 1.17 bits per heavy atom. The molecule has 0 aliphatic heterocycles. The molecule has 18 heavy (non-hydrogen) atoms. The summed E-state index contributed by atoms with van der Waals surface area (Å²) in [4.78, 5) is 0. The molecule has 0 aromatic heterocycles. The lowest BCUT2D eigenvalue weighted by Crippen LogP contribution is -2.41. The van der Waals surface area contributed by atoms with Crippen LogP contribution in [0.3, 0.4) is 0 Å². The SMILES string of the molecule is Fc1ccccc1C1CC(NCCC2CCC2)C1. The van der Waals surface area contributed by atoms with Crippen LogP contribution < -0.4 is 5.32 Å². The van der Waals surface area contributed by atoms with Crippen LogP contribution in [0.25, 0.3) is 0 Å². The number of nitrogens with one attached hydrogen (secondary N) is 1. The predicted molar refractivity (Wildman–Crippen MR) is 72.1 cm³/mol. The smallest absolute Gasteiger partial charge is 0.126 e. The second kappa shape index (κ2) is 5.40. The van der Waals surface area contributed by atoms with Gasteiger partial charge in [-0.1, -0.05) is 37.5 Å². The van der Waals surface area contributed by atoms with Gasteiger partial charge >= 0.3 is 0 Å². The van der Waals surface area contributed by atoms with Crippen molar-refractivity contribution in [1.29, 1.82) is 0 Å². The fourth-order valence-corrected chi connectivity index (χ4v) is 3.12. The van der Waals surface area contributed by atoms with Crippen LogP contribution in [-0.4, -0.2) is 12.6 Å². The molecule has 3 rings (SSSR count). The maximum Gasteiger partial charge on any atom is 0.126 e. The third-order valence-corrected chi connectivity index (χ3v) is 4.69. The van der Waals surface area contributed by atoms with Gasteiger partial charge < -0.3 is 5.32 Å². The molecule has 2 saturated carbocycles. The lowest BCUT2D eigenvalue weighted by Gasteiger charge is -2.37. The van der Waals surface area contributed by atoms with Crippen molar-refractivity contribution in [1.82, 2.24) is 5.32 Å². The van der Waals surface area contributed by atoms with Gasteiger partial charge in [-0.05, 0) is 49.3 Å². The van der Waals surface area contributed by atoms with Crippen LogP contribution in [0.15, 0.2) is 24.3 Å². The van der Waals surface area contributed by atoms with Crippen LogP contribution in [0.2, 0.25) is 0 Å². The lowest BCUT2D eigenvalue weighted by atomic mass is 9.75. The van der Waals surface area contributed by atoms with Crippen molar-refractivity contribution in [2.75, 3.05) is 6.54 Å². The van der Waals surface area contributed by atoms with Crippen LogP contribution in [0.5, 0.6) is 0 Å². The molecule has 1 N–H and O–H groups in total. The Balaban J connectivity index is 1.39. The Kier molecular flexibility index (Phi) is 3.64. The van der Waals surface area contributed by atoms with E-state index in [1.165, 1.54) is 25.7 Å². The van der Waals surface area contributed by atoms with Gasteiger partial charge in [-0.3, -0.25) is 0 Å². The molecule has 0 unspecified atom stereocenters. The highest BCUT2D eigenvalue weighted by Gasteiger charge is 2.31. The maximum atomic E-state index is 13.6. The third-order valence-electron chi connectivity index (χ3n) is 4.69. The molecule has 2 fully saturated rings. The van der Waals surface area contributed by atoms with Crippen molar-refractivity contribution in [3.8, 4) is 0 Å². The number of halogens is 1. The first-order valence-electron chi connectivity index (χ1n) is 7.30. The van der Waals surface area contributed by atoms with E-state index in [2.05, 4.69) is 5.32 Å². The minimum atomic E-state index is -0.0320. The highest BCUT2D eigenvalue weighted by Crippen LogP contribution is 2.38. The summed E-state index contributed by atoms with van der Waals surface area (Å²) in [5.41, 5.74) is 0.912. The van der Waals surface area contributed by atoms with Gasteiger partial charge in [-0.2, -0.15) is 0 Å². The van der Waals surface area contributed by atoms with E-state index in [0.717, 1.165) is 30.9 Å². The molecule has 0 spiro atoms. The van der Waals surface area contributed by atoms with Gasteiger partial charge in [-0.15, -0.1) is 0 Å². The van der Waals surface area contributed by atoms with E-state index < -0.39 is 0 Å². The topological polar surface area (TPSA) is 12.0 Å². The number of benzene rings is 1. The number of hydrogen-bond donors (Lipinski definition) is 1. The molecule has 2 heteroatoms. The van der Waals surface area contributed by atoms with Gasteiger partial charge in [-0.25, -0.2) is 4.39 Å². The summed E-state index contributed by atoms with van der Waals surface area (Å²) < 4.78 is 13.6. The monoisotopic (exact) mass is 247 g/mol. The van der Waals surface area contributed by atoms with Gasteiger partial charge in [0.25, 0.3) is 0 Å². The molecule has 0 radical (unpaired) electrons. The quantitative estimate of drug-likeness (QED) is 0.833.